The van der Waals surface area contributed by atoms with Crippen molar-refractivity contribution < 1.29 is 156 Å². The maximum absolute atomic E-state index is 14.1. The van der Waals surface area contributed by atoms with E-state index in [1.54, 1.807) is 14.2 Å². The van der Waals surface area contributed by atoms with Gasteiger partial charge in [0, 0.05) is 33.4 Å². The molecule has 21 rings (SSSR count). The number of ether oxygens (including phenoxy) is 6. The third kappa shape index (κ3) is 23.8. The van der Waals surface area contributed by atoms with Crippen LogP contribution in [0, 0.1) is 95.9 Å². The summed E-state index contributed by atoms with van der Waals surface area (Å²) in [6, 6.07) is 79.0. The second-order valence-electron chi connectivity index (χ2n) is 37.9. The number of hydrogen-bond acceptors (Lipinski definition) is 14. The summed E-state index contributed by atoms with van der Waals surface area (Å²) in [5.41, 5.74) is -0.576. The summed E-state index contributed by atoms with van der Waals surface area (Å²) in [6.45, 7) is -0.865. The Morgan fingerprint density at radius 1 is 0.489 bits per heavy atom. The minimum atomic E-state index is -6.91. The Morgan fingerprint density at radius 2 is 0.892 bits per heavy atom. The second-order valence-corrected chi connectivity index (χ2v) is 48.4. The van der Waals surface area contributed by atoms with E-state index in [4.69, 9.17) is 14.2 Å². The molecule has 8 aromatic carbocycles. The second kappa shape index (κ2) is 44.2. The number of benzene rings is 8. The van der Waals surface area contributed by atoms with E-state index in [2.05, 4.69) is 221 Å². The zero-order valence-corrected chi connectivity index (χ0v) is 82.8. The van der Waals surface area contributed by atoms with E-state index in [1.807, 2.05) is 24.3 Å². The first-order valence-electron chi connectivity index (χ1n) is 46.4. The Morgan fingerprint density at radius 3 is 1.29 bits per heavy atom. The predicted octanol–water partition coefficient (Wildman–Crippen LogP) is 21.4. The van der Waals surface area contributed by atoms with Crippen molar-refractivity contribution in [2.75, 3.05) is 47.1 Å². The number of carbonyl (C=O) groups excluding carboxylic acids is 3. The molecule has 756 valence electrons. The molecule has 0 amide bonds. The van der Waals surface area contributed by atoms with Crippen molar-refractivity contribution in [2.24, 2.45) is 81.8 Å². The van der Waals surface area contributed by atoms with Crippen LogP contribution in [-0.2, 0) is 75.3 Å². The SMILES string of the molecule is CC(F)(F)C(F)(F)C(F)(F)S(=O)(=O)N1CCC2CCCCC2C1.CC(F)(F)C(F)COC(=O)C12CC3CC4C5CC(CC41)CC2C5C3.CCOC(=O)C(OCCC(F)(F)C(F)(F)S(=O)(=O)[O-])(OC(=O)C12CC3CC(CC(C3)C1)C2)C(F)(F)F.COc1ccc([S+](c2ccc(C)cc2)c2ccc(OC)cc2)cc1.c1ccc([I+]c2ccccc2)cc1.c1ccc([S+](c2ccccc2)c2ccccc2)cc1. The highest BCUT2D eigenvalue weighted by molar-refractivity contribution is 7.97. The maximum Gasteiger partial charge on any atom is 0.468 e. The fraction of sp³-hybridized carbons (Fsp3) is 0.505. The Bertz CT molecular complexity index is 5400. The van der Waals surface area contributed by atoms with Crippen LogP contribution >= 0.6 is 0 Å². The zero-order valence-electron chi connectivity index (χ0n) is 77.4. The Hall–Kier alpha value is -8.14. The molecule has 0 N–H and O–H groups in total. The smallest absolute Gasteiger partial charge is 0.468 e. The van der Waals surface area contributed by atoms with Crippen LogP contribution in [0.25, 0.3) is 0 Å². The minimum Gasteiger partial charge on any atom is -0.743 e. The molecule has 1 saturated heterocycles. The van der Waals surface area contributed by atoms with Crippen molar-refractivity contribution in [3.63, 3.8) is 0 Å². The van der Waals surface area contributed by atoms with Gasteiger partial charge in [-0.3, -0.25) is 9.59 Å². The van der Waals surface area contributed by atoms with Crippen molar-refractivity contribution in [3.05, 3.63) is 237 Å². The molecule has 12 saturated carbocycles. The summed E-state index contributed by atoms with van der Waals surface area (Å²) in [6.07, 6.45) is 2.57. The third-order valence-corrected chi connectivity index (χ3v) is 38.7. The molecule has 12 bridgehead atoms. The molecule has 12 aliphatic carbocycles. The lowest BCUT2D eigenvalue weighted by atomic mass is 9.31. The molecule has 139 heavy (non-hydrogen) atoms. The number of fused-ring (bicyclic) bond motifs is 1. The molecule has 8 aromatic rings. The summed E-state index contributed by atoms with van der Waals surface area (Å²) >= 11 is 0.0287. The van der Waals surface area contributed by atoms with Gasteiger partial charge in [-0.05, 0) is 296 Å². The number of hydrogen-bond donors (Lipinski definition) is 0. The molecule has 36 heteroatoms. The fourth-order valence-electron chi connectivity index (χ4n) is 22.7. The lowest BCUT2D eigenvalue weighted by molar-refractivity contribution is -0.597. The van der Waals surface area contributed by atoms with Gasteiger partial charge in [-0.1, -0.05) is 128 Å². The largest absolute Gasteiger partial charge is 0.743 e. The van der Waals surface area contributed by atoms with Gasteiger partial charge in [0.25, 0.3) is 15.9 Å². The number of aryl methyl sites for hydroxylation is 1. The number of carbonyl (C=O) groups is 3. The van der Waals surface area contributed by atoms with Crippen molar-refractivity contribution in [2.45, 2.75) is 225 Å². The third-order valence-electron chi connectivity index (χ3n) is 28.8. The summed E-state index contributed by atoms with van der Waals surface area (Å²) in [5.74, 6) is -23.0. The van der Waals surface area contributed by atoms with Crippen LogP contribution < -0.4 is 30.7 Å². The molecule has 13 fully saturated rings. The number of nitrogens with zero attached hydrogens (tertiary/aromatic N) is 1. The van der Waals surface area contributed by atoms with Gasteiger partial charge in [-0.15, -0.1) is 0 Å². The van der Waals surface area contributed by atoms with Crippen molar-refractivity contribution in [3.8, 4) is 11.5 Å². The van der Waals surface area contributed by atoms with Crippen LogP contribution in [0.4, 0.5) is 70.2 Å². The lowest BCUT2D eigenvalue weighted by Crippen LogP contribution is -3.61. The van der Waals surface area contributed by atoms with E-state index in [0.29, 0.717) is 42.9 Å². The molecule has 1 heterocycles. The first-order valence-corrected chi connectivity index (χ1v) is 53.9. The highest BCUT2D eigenvalue weighted by Gasteiger charge is 2.78. The van der Waals surface area contributed by atoms with Gasteiger partial charge >= 0.3 is 79.4 Å². The molecule has 8 atom stereocenters. The van der Waals surface area contributed by atoms with Gasteiger partial charge in [-0.25, -0.2) is 34.8 Å². The molecule has 13 aliphatic rings. The Kier molecular flexibility index (Phi) is 34.4. The number of piperidine rings is 1. The quantitative estimate of drug-likeness (QED) is 0.00852. The number of rotatable bonds is 28. The first-order chi connectivity index (χ1) is 65.5. The van der Waals surface area contributed by atoms with Crippen LogP contribution in [0.15, 0.2) is 254 Å². The van der Waals surface area contributed by atoms with E-state index in [-0.39, 0.29) is 122 Å². The molecule has 0 spiro atoms. The number of sulfonamides is 1. The summed E-state index contributed by atoms with van der Waals surface area (Å²) in [5, 5.41) is -12.1. The highest BCUT2D eigenvalue weighted by atomic mass is 127. The predicted molar refractivity (Wildman–Crippen MR) is 485 cm³/mol. The van der Waals surface area contributed by atoms with E-state index in [1.165, 1.54) is 61.3 Å². The zero-order chi connectivity index (χ0) is 101. The Labute approximate surface area is 816 Å². The maximum atomic E-state index is 14.1. The van der Waals surface area contributed by atoms with Crippen LogP contribution in [-0.4, -0.2) is 143 Å². The number of esters is 3. The van der Waals surface area contributed by atoms with E-state index in [0.717, 1.165) is 88.0 Å². The van der Waals surface area contributed by atoms with Gasteiger partial charge in [0.1, 0.15) is 18.1 Å². The molecule has 0 aromatic heterocycles. The average Bonchev–Trinajstić information content (AvgIpc) is 0.667. The van der Waals surface area contributed by atoms with Crippen LogP contribution in [0.5, 0.6) is 11.5 Å². The molecule has 15 nitrogen and oxygen atoms in total. The minimum absolute atomic E-state index is 0.0146. The lowest BCUT2D eigenvalue weighted by Gasteiger charge is -2.73. The van der Waals surface area contributed by atoms with Crippen molar-refractivity contribution >= 4 is 59.8 Å². The highest BCUT2D eigenvalue weighted by Crippen LogP contribution is 2.76. The molecule has 1 aliphatic heterocycles. The van der Waals surface area contributed by atoms with Crippen LogP contribution in [0.2, 0.25) is 0 Å². The van der Waals surface area contributed by atoms with Gasteiger partial charge in [0.05, 0.1) is 60.1 Å². The van der Waals surface area contributed by atoms with Crippen LogP contribution in [0.3, 0.4) is 0 Å². The number of halogens is 17. The topological polar surface area (TPSA) is 201 Å². The van der Waals surface area contributed by atoms with Gasteiger partial charge in [0.2, 0.25) is 0 Å². The van der Waals surface area contributed by atoms with Crippen molar-refractivity contribution in [1.82, 2.24) is 4.31 Å². The standard InChI is InChI=1S/C21H21O2S.C20H25F7O8S.C19H25F3O2.C18H15S.C13H19F6NO2S.C12H10I/c1-16-4-10-19(11-5-16)24(20-12-6-17(22-2)7-13-20)21-14-8-18(23-3)9-15-21;1-2-33-15(29)18(19(23,24)25,34-4-3-17(21,22)20(26,27)36(30,31)32)35-14(28)16-8-11-5-12(9-16)7-13(6-11)10-16;1-18(21,22)16(20)8-24-17(23)19-7-10-3-12-11-2-9(5-14(12)19)6-15(19)13(11)4-10;1-4-10-16(11-5-1)19(17-12-6-2-7-13-17)18-14-8-3-9-15-18;1-11(14,15)12(16,17)13(18,19)23(21,22)20-7-6-9-4-2-3-5-10(9)8-20;1-3-7-11(8-4-1)13-12-9-5-2-6-10-12/h4-15H,1-3H3;11-13H,2-10H2,1H3,(H,30,31,32);9-16H,2-8H2,1H3;1-15H;9-10H,2-8H2,1H3;1-10H/q+1;;;+1;;+1/p-1. The molecule has 8 unspecified atom stereocenters. The summed E-state index contributed by atoms with van der Waals surface area (Å²) in [4.78, 5) is 46.4. The normalized spacial score (nSPS) is 25.7. The van der Waals surface area contributed by atoms with E-state index >= 15 is 0 Å². The van der Waals surface area contributed by atoms with E-state index in [9.17, 15) is 106 Å². The van der Waals surface area contributed by atoms with Gasteiger partial charge in [0.15, 0.2) is 52.8 Å². The van der Waals surface area contributed by atoms with Gasteiger partial charge < -0.3 is 33.0 Å². The first kappa shape index (κ1) is 108. The fourth-order valence-corrected chi connectivity index (χ4v) is 31.1. The Balaban J connectivity index is 0.000000144. The summed E-state index contributed by atoms with van der Waals surface area (Å²) in [7, 11) is -9.58. The summed E-state index contributed by atoms with van der Waals surface area (Å²) < 4.78 is 304. The van der Waals surface area contributed by atoms with Crippen molar-refractivity contribution in [1.29, 1.82) is 0 Å². The van der Waals surface area contributed by atoms with E-state index < -0.39 is 128 Å². The monoisotopic (exact) mass is 2150 g/mol. The molecule has 0 radical (unpaired) electrons. The van der Waals surface area contributed by atoms with Crippen LogP contribution in [0.1, 0.15) is 142 Å². The number of alkyl halides is 16. The average molecular weight is 2150 g/mol. The molecular weight excluding hydrogens is 2030 g/mol. The van der Waals surface area contributed by atoms with Gasteiger partial charge in [-0.2, -0.15) is 61.4 Å². The molecular formula is C103H114F16INO14S4+2. The number of methoxy groups -OCH3 is 2.